The first kappa shape index (κ1) is 28.7. The number of ether oxygens (including phenoxy) is 2. The second-order valence-corrected chi connectivity index (χ2v) is 10.6. The number of aromatic nitrogens is 2. The molecule has 0 saturated heterocycles. The van der Waals surface area contributed by atoms with Gasteiger partial charge in [0.15, 0.2) is 5.69 Å². The van der Waals surface area contributed by atoms with Crippen LogP contribution >= 0.6 is 0 Å². The molecule has 2 heterocycles. The number of rotatable bonds is 10. The molecule has 10 nitrogen and oxygen atoms in total. The number of oxazole rings is 1. The lowest BCUT2D eigenvalue weighted by molar-refractivity contribution is -0.124. The Labute approximate surface area is 222 Å². The summed E-state index contributed by atoms with van der Waals surface area (Å²) in [6, 6.07) is 6.24. The van der Waals surface area contributed by atoms with Crippen molar-refractivity contribution in [3.05, 3.63) is 53.4 Å². The molecule has 2 atom stereocenters. The summed E-state index contributed by atoms with van der Waals surface area (Å²) in [6.07, 6.45) is 1.92. The minimum absolute atomic E-state index is 0.0608. The zero-order valence-corrected chi connectivity index (χ0v) is 23.1. The highest BCUT2D eigenvalue weighted by Crippen LogP contribution is 2.26. The highest BCUT2D eigenvalue weighted by atomic mass is 16.6. The molecule has 3 N–H and O–H groups in total. The summed E-state index contributed by atoms with van der Waals surface area (Å²) in [5, 5.41) is 6.68. The van der Waals surface area contributed by atoms with Gasteiger partial charge < -0.3 is 29.5 Å². The largest absolute Gasteiger partial charge is 0.461 e. The first-order valence-electron chi connectivity index (χ1n) is 12.9. The first-order chi connectivity index (χ1) is 17.9. The predicted molar refractivity (Wildman–Crippen MR) is 143 cm³/mol. The standard InChI is InChI=1S/C28H38N4O6/c1-8-36-26(34)23-17(4)37-25(32-23)22(14-18-15-29-20-12-10-9-11-19(18)20)30-24(33)21(13-16(2)3)31-27(35)38-28(5,6)7/h9-12,15-16,21-22,29H,8,13-14H2,1-7H3,(H,30,33)(H,31,35)/t21?,22-/m1/s1. The van der Waals surface area contributed by atoms with Crippen LogP contribution in [0.5, 0.6) is 0 Å². The molecule has 0 radical (unpaired) electrons. The fourth-order valence-corrected chi connectivity index (χ4v) is 4.10. The first-order valence-corrected chi connectivity index (χ1v) is 12.9. The molecule has 206 valence electrons. The maximum atomic E-state index is 13.5. The van der Waals surface area contributed by atoms with E-state index in [-0.39, 0.29) is 24.1 Å². The van der Waals surface area contributed by atoms with Gasteiger partial charge in [0.2, 0.25) is 11.8 Å². The molecule has 1 unspecified atom stereocenters. The number of alkyl carbamates (subject to hydrolysis) is 1. The van der Waals surface area contributed by atoms with E-state index in [4.69, 9.17) is 13.9 Å². The highest BCUT2D eigenvalue weighted by molar-refractivity contribution is 5.88. The number of aryl methyl sites for hydroxylation is 1. The maximum Gasteiger partial charge on any atom is 0.408 e. The molecular formula is C28H38N4O6. The van der Waals surface area contributed by atoms with Crippen molar-refractivity contribution in [1.29, 1.82) is 0 Å². The summed E-state index contributed by atoms with van der Waals surface area (Å²) < 4.78 is 16.3. The number of nitrogens with one attached hydrogen (secondary N) is 3. The third-order valence-corrected chi connectivity index (χ3v) is 5.71. The lowest BCUT2D eigenvalue weighted by Crippen LogP contribution is -2.49. The summed E-state index contributed by atoms with van der Waals surface area (Å²) in [4.78, 5) is 46.0. The Morgan fingerprint density at radius 3 is 2.50 bits per heavy atom. The van der Waals surface area contributed by atoms with Gasteiger partial charge in [-0.15, -0.1) is 0 Å². The molecular weight excluding hydrogens is 488 g/mol. The average Bonchev–Trinajstić information content (AvgIpc) is 3.40. The third kappa shape index (κ3) is 7.60. The molecule has 1 aromatic carbocycles. The van der Waals surface area contributed by atoms with E-state index in [1.165, 1.54) is 0 Å². The summed E-state index contributed by atoms with van der Waals surface area (Å²) in [5.74, 6) is -0.427. The summed E-state index contributed by atoms with van der Waals surface area (Å²) in [7, 11) is 0. The van der Waals surface area contributed by atoms with E-state index >= 15 is 0 Å². The zero-order valence-electron chi connectivity index (χ0n) is 23.1. The number of hydrogen-bond acceptors (Lipinski definition) is 7. The Bertz CT molecular complexity index is 1270. The molecule has 3 aromatic rings. The van der Waals surface area contributed by atoms with Crippen LogP contribution < -0.4 is 10.6 Å². The number of hydrogen-bond donors (Lipinski definition) is 3. The van der Waals surface area contributed by atoms with Gasteiger partial charge in [-0.3, -0.25) is 4.79 Å². The second-order valence-electron chi connectivity index (χ2n) is 10.6. The van der Waals surface area contributed by atoms with Crippen molar-refractivity contribution >= 4 is 28.9 Å². The number of benzene rings is 1. The SMILES string of the molecule is CCOC(=O)c1nc([C@@H](Cc2c[nH]c3ccccc23)NC(=O)C(CC(C)C)NC(=O)OC(C)(C)C)oc1C. The van der Waals surface area contributed by atoms with Crippen molar-refractivity contribution < 1.29 is 28.3 Å². The van der Waals surface area contributed by atoms with Gasteiger partial charge in [-0.2, -0.15) is 0 Å². The lowest BCUT2D eigenvalue weighted by Gasteiger charge is -2.25. The van der Waals surface area contributed by atoms with E-state index < -0.39 is 35.7 Å². The molecule has 2 aromatic heterocycles. The van der Waals surface area contributed by atoms with Crippen LogP contribution in [0.2, 0.25) is 0 Å². The average molecular weight is 527 g/mol. The lowest BCUT2D eigenvalue weighted by atomic mass is 10.0. The number of esters is 1. The fourth-order valence-electron chi connectivity index (χ4n) is 4.10. The van der Waals surface area contributed by atoms with Gasteiger partial charge in [0.05, 0.1) is 6.61 Å². The molecule has 2 amide bonds. The summed E-state index contributed by atoms with van der Waals surface area (Å²) >= 11 is 0. The van der Waals surface area contributed by atoms with Gasteiger partial charge in [0.25, 0.3) is 0 Å². The Morgan fingerprint density at radius 1 is 1.13 bits per heavy atom. The van der Waals surface area contributed by atoms with E-state index in [2.05, 4.69) is 20.6 Å². The molecule has 0 aliphatic carbocycles. The Balaban J connectivity index is 1.92. The van der Waals surface area contributed by atoms with E-state index in [0.29, 0.717) is 18.6 Å². The number of carbonyl (C=O) groups is 3. The number of amides is 2. The maximum absolute atomic E-state index is 13.5. The minimum Gasteiger partial charge on any atom is -0.461 e. The topological polar surface area (TPSA) is 136 Å². The summed E-state index contributed by atoms with van der Waals surface area (Å²) in [5.41, 5.74) is 1.23. The predicted octanol–water partition coefficient (Wildman–Crippen LogP) is 4.98. The number of H-pyrrole nitrogens is 1. The van der Waals surface area contributed by atoms with Crippen LogP contribution in [0.15, 0.2) is 34.9 Å². The van der Waals surface area contributed by atoms with Crippen LogP contribution in [-0.4, -0.2) is 46.2 Å². The smallest absolute Gasteiger partial charge is 0.408 e. The van der Waals surface area contributed by atoms with E-state index in [1.54, 1.807) is 34.6 Å². The molecule has 10 heteroatoms. The van der Waals surface area contributed by atoms with E-state index in [0.717, 1.165) is 16.5 Å². The Hall–Kier alpha value is -3.82. The molecule has 3 rings (SSSR count). The Morgan fingerprint density at radius 2 is 1.84 bits per heavy atom. The highest BCUT2D eigenvalue weighted by Gasteiger charge is 2.31. The van der Waals surface area contributed by atoms with Crippen LogP contribution in [0.3, 0.4) is 0 Å². The van der Waals surface area contributed by atoms with E-state index in [1.807, 2.05) is 44.3 Å². The molecule has 0 bridgehead atoms. The van der Waals surface area contributed by atoms with Gasteiger partial charge in [0, 0.05) is 23.5 Å². The summed E-state index contributed by atoms with van der Waals surface area (Å²) in [6.45, 7) is 12.7. The molecule has 0 aliphatic heterocycles. The molecule has 0 aliphatic rings. The fraction of sp³-hybridized carbons (Fsp3) is 0.500. The van der Waals surface area contributed by atoms with Gasteiger partial charge >= 0.3 is 12.1 Å². The monoisotopic (exact) mass is 526 g/mol. The molecule has 0 spiro atoms. The van der Waals surface area contributed by atoms with Crippen LogP contribution in [0.1, 0.15) is 81.7 Å². The van der Waals surface area contributed by atoms with Crippen molar-refractivity contribution in [2.75, 3.05) is 6.61 Å². The number of aromatic amines is 1. The van der Waals surface area contributed by atoms with Crippen LogP contribution in [0.4, 0.5) is 4.79 Å². The quantitative estimate of drug-likeness (QED) is 0.317. The molecule has 38 heavy (non-hydrogen) atoms. The van der Waals surface area contributed by atoms with Crippen LogP contribution in [-0.2, 0) is 20.7 Å². The third-order valence-electron chi connectivity index (χ3n) is 5.71. The van der Waals surface area contributed by atoms with Gasteiger partial charge in [0.1, 0.15) is 23.4 Å². The minimum atomic E-state index is -0.851. The normalized spacial score (nSPS) is 13.3. The van der Waals surface area contributed by atoms with Crippen molar-refractivity contribution in [3.63, 3.8) is 0 Å². The number of para-hydroxylation sites is 1. The molecule has 0 saturated carbocycles. The van der Waals surface area contributed by atoms with Gasteiger partial charge in [-0.1, -0.05) is 32.0 Å². The number of fused-ring (bicyclic) bond motifs is 1. The van der Waals surface area contributed by atoms with Crippen LogP contribution in [0.25, 0.3) is 10.9 Å². The zero-order chi connectivity index (χ0) is 28.0. The van der Waals surface area contributed by atoms with Crippen molar-refractivity contribution in [2.24, 2.45) is 5.92 Å². The van der Waals surface area contributed by atoms with Crippen molar-refractivity contribution in [3.8, 4) is 0 Å². The second kappa shape index (κ2) is 12.1. The van der Waals surface area contributed by atoms with Gasteiger partial charge in [-0.05, 0) is 58.6 Å². The van der Waals surface area contributed by atoms with Crippen molar-refractivity contribution in [1.82, 2.24) is 20.6 Å². The van der Waals surface area contributed by atoms with E-state index in [9.17, 15) is 14.4 Å². The van der Waals surface area contributed by atoms with Gasteiger partial charge in [-0.25, -0.2) is 14.6 Å². The van der Waals surface area contributed by atoms with Crippen LogP contribution in [0, 0.1) is 12.8 Å². The Kier molecular flexibility index (Phi) is 9.19. The number of carbonyl (C=O) groups excluding carboxylic acids is 3. The van der Waals surface area contributed by atoms with Crippen molar-refractivity contribution in [2.45, 2.75) is 79.0 Å². The number of nitrogens with zero attached hydrogens (tertiary/aromatic N) is 1. The molecule has 0 fully saturated rings.